The van der Waals surface area contributed by atoms with Gasteiger partial charge in [-0.05, 0) is 19.9 Å². The zero-order valence-corrected chi connectivity index (χ0v) is 7.95. The molecule has 0 aromatic rings. The molecular weight excluding hydrogens is 158 g/mol. The van der Waals surface area contributed by atoms with Crippen LogP contribution in [0.25, 0.3) is 0 Å². The Morgan fingerprint density at radius 3 is 3.18 bits per heavy atom. The Morgan fingerprint density at radius 1 is 1.64 bits per heavy atom. The van der Waals surface area contributed by atoms with Gasteiger partial charge < -0.3 is 10.1 Å². The molecule has 0 radical (unpaired) electrons. The first-order valence-electron chi connectivity index (χ1n) is 4.27. The topological polar surface area (TPSA) is 21.3 Å². The molecule has 1 saturated heterocycles. The van der Waals surface area contributed by atoms with Crippen LogP contribution in [-0.4, -0.2) is 37.8 Å². The fourth-order valence-corrected chi connectivity index (χ4v) is 2.21. The third-order valence-corrected chi connectivity index (χ3v) is 2.92. The first kappa shape index (κ1) is 9.36. The Bertz CT molecular complexity index is 94.1. The number of nitrogens with one attached hydrogen (secondary N) is 1. The van der Waals surface area contributed by atoms with Crippen LogP contribution in [-0.2, 0) is 4.74 Å². The molecule has 1 atom stereocenters. The van der Waals surface area contributed by atoms with Gasteiger partial charge in [0.25, 0.3) is 0 Å². The van der Waals surface area contributed by atoms with Crippen LogP contribution in [0.5, 0.6) is 0 Å². The van der Waals surface area contributed by atoms with Gasteiger partial charge in [0.05, 0.1) is 6.10 Å². The van der Waals surface area contributed by atoms with Crippen LogP contribution in [0.4, 0.5) is 0 Å². The minimum Gasteiger partial charge on any atom is -0.377 e. The van der Waals surface area contributed by atoms with Gasteiger partial charge in [0.2, 0.25) is 0 Å². The summed E-state index contributed by atoms with van der Waals surface area (Å²) in [5.74, 6) is 2.39. The van der Waals surface area contributed by atoms with Crippen LogP contribution in [0.1, 0.15) is 12.8 Å². The third kappa shape index (κ3) is 3.99. The summed E-state index contributed by atoms with van der Waals surface area (Å²) in [5.41, 5.74) is 0. The zero-order chi connectivity index (χ0) is 7.94. The summed E-state index contributed by atoms with van der Waals surface area (Å²) in [5, 5.41) is 3.13. The van der Waals surface area contributed by atoms with Crippen LogP contribution in [0.15, 0.2) is 0 Å². The highest BCUT2D eigenvalue weighted by Crippen LogP contribution is 2.16. The van der Waals surface area contributed by atoms with Crippen LogP contribution < -0.4 is 5.32 Å². The molecule has 0 aromatic heterocycles. The minimum atomic E-state index is 0.553. The van der Waals surface area contributed by atoms with E-state index in [1.165, 1.54) is 24.3 Å². The van der Waals surface area contributed by atoms with Gasteiger partial charge in [-0.25, -0.2) is 0 Å². The lowest BCUT2D eigenvalue weighted by atomic mass is 10.3. The maximum Gasteiger partial charge on any atom is 0.0666 e. The summed E-state index contributed by atoms with van der Waals surface area (Å²) < 4.78 is 5.49. The molecule has 1 fully saturated rings. The van der Waals surface area contributed by atoms with E-state index in [1.54, 1.807) is 0 Å². The lowest BCUT2D eigenvalue weighted by Crippen LogP contribution is -2.13. The predicted molar refractivity (Wildman–Crippen MR) is 50.2 cm³/mol. The van der Waals surface area contributed by atoms with E-state index in [2.05, 4.69) is 5.32 Å². The number of thioether (sulfide) groups is 1. The summed E-state index contributed by atoms with van der Waals surface area (Å²) in [7, 11) is 1.99. The predicted octanol–water partition coefficient (Wildman–Crippen LogP) is 1.12. The zero-order valence-electron chi connectivity index (χ0n) is 7.14. The quantitative estimate of drug-likeness (QED) is 0.633. The molecule has 0 aromatic carbocycles. The van der Waals surface area contributed by atoms with Crippen molar-refractivity contribution in [2.24, 2.45) is 0 Å². The van der Waals surface area contributed by atoms with E-state index in [1.807, 2.05) is 18.8 Å². The van der Waals surface area contributed by atoms with Crippen LogP contribution in [0.3, 0.4) is 0 Å². The minimum absolute atomic E-state index is 0.553. The molecule has 11 heavy (non-hydrogen) atoms. The maximum absolute atomic E-state index is 5.49. The van der Waals surface area contributed by atoms with Gasteiger partial charge in [-0.3, -0.25) is 0 Å². The van der Waals surface area contributed by atoms with E-state index in [-0.39, 0.29) is 0 Å². The molecule has 1 aliphatic heterocycles. The van der Waals surface area contributed by atoms with Crippen molar-refractivity contribution in [3.8, 4) is 0 Å². The second-order valence-electron chi connectivity index (χ2n) is 2.81. The molecule has 1 aliphatic rings. The molecule has 1 unspecified atom stereocenters. The molecule has 0 spiro atoms. The molecule has 0 amide bonds. The molecule has 0 saturated carbocycles. The summed E-state index contributed by atoms with van der Waals surface area (Å²) in [6.07, 6.45) is 3.08. The molecule has 3 heteroatoms. The van der Waals surface area contributed by atoms with Gasteiger partial charge in [-0.2, -0.15) is 11.8 Å². The molecule has 0 bridgehead atoms. The summed E-state index contributed by atoms with van der Waals surface area (Å²) in [4.78, 5) is 0. The van der Waals surface area contributed by atoms with Gasteiger partial charge in [0.1, 0.15) is 0 Å². The van der Waals surface area contributed by atoms with Crippen molar-refractivity contribution >= 4 is 11.8 Å². The Hall–Kier alpha value is 0.270. The molecule has 66 valence electrons. The Morgan fingerprint density at radius 2 is 2.55 bits per heavy atom. The van der Waals surface area contributed by atoms with E-state index in [4.69, 9.17) is 4.74 Å². The maximum atomic E-state index is 5.49. The fourth-order valence-electron chi connectivity index (χ4n) is 1.16. The number of hydrogen-bond acceptors (Lipinski definition) is 3. The summed E-state index contributed by atoms with van der Waals surface area (Å²) in [6, 6.07) is 0. The molecule has 2 nitrogen and oxygen atoms in total. The lowest BCUT2D eigenvalue weighted by molar-refractivity contribution is 0.129. The Labute approximate surface area is 73.1 Å². The van der Waals surface area contributed by atoms with Crippen molar-refractivity contribution in [1.29, 1.82) is 0 Å². The van der Waals surface area contributed by atoms with Crippen molar-refractivity contribution < 1.29 is 4.74 Å². The molecular formula is C8H17NOS. The first-order valence-corrected chi connectivity index (χ1v) is 5.43. The number of hydrogen-bond donors (Lipinski definition) is 1. The van der Waals surface area contributed by atoms with E-state index in [0.29, 0.717) is 6.10 Å². The van der Waals surface area contributed by atoms with Crippen molar-refractivity contribution in [3.05, 3.63) is 0 Å². The molecule has 1 rings (SSSR count). The number of rotatable bonds is 5. The summed E-state index contributed by atoms with van der Waals surface area (Å²) >= 11 is 1.99. The third-order valence-electron chi connectivity index (χ3n) is 1.82. The monoisotopic (exact) mass is 175 g/mol. The van der Waals surface area contributed by atoms with Gasteiger partial charge in [0, 0.05) is 24.7 Å². The van der Waals surface area contributed by atoms with Crippen molar-refractivity contribution in [1.82, 2.24) is 5.32 Å². The van der Waals surface area contributed by atoms with Gasteiger partial charge in [-0.15, -0.1) is 0 Å². The highest BCUT2D eigenvalue weighted by atomic mass is 32.2. The fraction of sp³-hybridized carbons (Fsp3) is 1.00. The average molecular weight is 175 g/mol. The molecule has 1 N–H and O–H groups in total. The van der Waals surface area contributed by atoms with Gasteiger partial charge in [-0.1, -0.05) is 0 Å². The Kier molecular flexibility index (Phi) is 4.99. The smallest absolute Gasteiger partial charge is 0.0666 e. The van der Waals surface area contributed by atoms with Crippen molar-refractivity contribution in [3.63, 3.8) is 0 Å². The van der Waals surface area contributed by atoms with E-state index in [9.17, 15) is 0 Å². The highest BCUT2D eigenvalue weighted by Gasteiger charge is 2.14. The van der Waals surface area contributed by atoms with Gasteiger partial charge >= 0.3 is 0 Å². The Balaban J connectivity index is 1.86. The van der Waals surface area contributed by atoms with E-state index < -0.39 is 0 Å². The SMILES string of the molecule is CNCCSCC1CCCO1. The van der Waals surface area contributed by atoms with Crippen molar-refractivity contribution in [2.45, 2.75) is 18.9 Å². The van der Waals surface area contributed by atoms with Crippen LogP contribution in [0, 0.1) is 0 Å². The lowest BCUT2D eigenvalue weighted by Gasteiger charge is -2.07. The highest BCUT2D eigenvalue weighted by molar-refractivity contribution is 7.99. The van der Waals surface area contributed by atoms with Gasteiger partial charge in [0.15, 0.2) is 0 Å². The molecule has 1 heterocycles. The van der Waals surface area contributed by atoms with Crippen LogP contribution >= 0.6 is 11.8 Å². The average Bonchev–Trinajstić information content (AvgIpc) is 2.50. The normalized spacial score (nSPS) is 24.3. The standard InChI is InChI=1S/C8H17NOS/c1-9-4-6-11-7-8-3-2-5-10-8/h8-9H,2-7H2,1H3. The van der Waals surface area contributed by atoms with Crippen LogP contribution in [0.2, 0.25) is 0 Å². The summed E-state index contributed by atoms with van der Waals surface area (Å²) in [6.45, 7) is 2.09. The first-order chi connectivity index (χ1) is 5.43. The molecule has 0 aliphatic carbocycles. The second kappa shape index (κ2) is 5.86. The van der Waals surface area contributed by atoms with Crippen molar-refractivity contribution in [2.75, 3.05) is 31.7 Å². The van der Waals surface area contributed by atoms with E-state index >= 15 is 0 Å². The van der Waals surface area contributed by atoms with E-state index in [0.717, 1.165) is 13.2 Å². The number of ether oxygens (including phenoxy) is 1. The second-order valence-corrected chi connectivity index (χ2v) is 3.96. The largest absolute Gasteiger partial charge is 0.377 e.